The van der Waals surface area contributed by atoms with Crippen molar-refractivity contribution in [1.82, 2.24) is 15.2 Å². The number of hydrogen-bond acceptors (Lipinski definition) is 5. The lowest BCUT2D eigenvalue weighted by atomic mass is 9.94. The molecule has 0 unspecified atom stereocenters. The molecule has 2 aliphatic carbocycles. The van der Waals surface area contributed by atoms with Crippen LogP contribution in [0.4, 0.5) is 0 Å². The predicted molar refractivity (Wildman–Crippen MR) is 119 cm³/mol. The first-order chi connectivity index (χ1) is 15.1. The number of benzene rings is 1. The van der Waals surface area contributed by atoms with Gasteiger partial charge >= 0.3 is 0 Å². The molecule has 6 nitrogen and oxygen atoms in total. The second kappa shape index (κ2) is 8.54. The predicted octanol–water partition coefficient (Wildman–Crippen LogP) is 3.92. The highest BCUT2D eigenvalue weighted by molar-refractivity contribution is 7.11. The van der Waals surface area contributed by atoms with E-state index in [1.807, 2.05) is 0 Å². The van der Waals surface area contributed by atoms with Crippen LogP contribution in [-0.4, -0.2) is 40.2 Å². The van der Waals surface area contributed by atoms with Gasteiger partial charge in [-0.15, -0.1) is 11.3 Å². The molecule has 31 heavy (non-hydrogen) atoms. The fraction of sp³-hybridized carbons (Fsp3) is 0.500. The zero-order valence-corrected chi connectivity index (χ0v) is 18.4. The lowest BCUT2D eigenvalue weighted by molar-refractivity contribution is 0.0548. The molecule has 0 spiro atoms. The van der Waals surface area contributed by atoms with E-state index in [-0.39, 0.29) is 23.8 Å². The molecule has 7 heteroatoms. The minimum absolute atomic E-state index is 0.0115. The summed E-state index contributed by atoms with van der Waals surface area (Å²) in [6.07, 6.45) is 10.4. The Morgan fingerprint density at radius 2 is 1.81 bits per heavy atom. The summed E-state index contributed by atoms with van der Waals surface area (Å²) in [6.45, 7) is 0.503. The number of carbonyl (C=O) groups is 3. The minimum Gasteiger partial charge on any atom is -0.352 e. The van der Waals surface area contributed by atoms with Gasteiger partial charge in [-0.2, -0.15) is 0 Å². The standard InChI is InChI=1S/C24H27N3O3S/c28-22(25-13-12-21-26-19-8-4-5-9-20(19)31-21)15-10-11-17-18(14-15)24(30)27(23(17)29)16-6-2-1-3-7-16/h10-11,14,16H,1-9,12-13H2,(H,25,28). The summed E-state index contributed by atoms with van der Waals surface area (Å²) in [5.74, 6) is -0.693. The van der Waals surface area contributed by atoms with Gasteiger partial charge in [-0.05, 0) is 56.7 Å². The SMILES string of the molecule is O=C(NCCc1nc2c(s1)CCCC2)c1ccc2c(c1)C(=O)N(C1CCCCC1)C2=O. The molecule has 3 amide bonds. The molecule has 0 saturated heterocycles. The van der Waals surface area contributed by atoms with Gasteiger partial charge in [0.25, 0.3) is 17.7 Å². The number of imide groups is 1. The quantitative estimate of drug-likeness (QED) is 0.719. The van der Waals surface area contributed by atoms with Gasteiger partial charge in [0.1, 0.15) is 0 Å². The monoisotopic (exact) mass is 437 g/mol. The van der Waals surface area contributed by atoms with Crippen molar-refractivity contribution in [2.75, 3.05) is 6.54 Å². The lowest BCUT2D eigenvalue weighted by Gasteiger charge is -2.29. The summed E-state index contributed by atoms with van der Waals surface area (Å²) in [7, 11) is 0. The molecule has 2 heterocycles. The van der Waals surface area contributed by atoms with Crippen molar-refractivity contribution < 1.29 is 14.4 Å². The second-order valence-electron chi connectivity index (χ2n) is 8.72. The minimum atomic E-state index is -0.255. The van der Waals surface area contributed by atoms with E-state index in [0.29, 0.717) is 29.7 Å². The van der Waals surface area contributed by atoms with Gasteiger partial charge in [-0.3, -0.25) is 19.3 Å². The second-order valence-corrected chi connectivity index (χ2v) is 9.89. The van der Waals surface area contributed by atoms with Crippen LogP contribution in [0.5, 0.6) is 0 Å². The van der Waals surface area contributed by atoms with E-state index in [2.05, 4.69) is 5.32 Å². The van der Waals surface area contributed by atoms with Crippen LogP contribution in [0.25, 0.3) is 0 Å². The van der Waals surface area contributed by atoms with Gasteiger partial charge < -0.3 is 5.32 Å². The van der Waals surface area contributed by atoms with E-state index in [0.717, 1.165) is 50.0 Å². The maximum atomic E-state index is 12.9. The van der Waals surface area contributed by atoms with Crippen LogP contribution in [-0.2, 0) is 19.3 Å². The van der Waals surface area contributed by atoms with Crippen LogP contribution in [0.2, 0.25) is 0 Å². The van der Waals surface area contributed by atoms with Crippen LogP contribution in [0.1, 0.15) is 91.6 Å². The zero-order chi connectivity index (χ0) is 21.4. The van der Waals surface area contributed by atoms with E-state index in [4.69, 9.17) is 4.98 Å². The van der Waals surface area contributed by atoms with Crippen molar-refractivity contribution in [3.8, 4) is 0 Å². The topological polar surface area (TPSA) is 79.4 Å². The Kier molecular flexibility index (Phi) is 5.61. The van der Waals surface area contributed by atoms with E-state index in [1.165, 1.54) is 28.3 Å². The van der Waals surface area contributed by atoms with Crippen molar-refractivity contribution in [3.63, 3.8) is 0 Å². The average Bonchev–Trinajstić information content (AvgIpc) is 3.32. The molecule has 5 rings (SSSR count). The van der Waals surface area contributed by atoms with Crippen molar-refractivity contribution in [2.45, 2.75) is 70.3 Å². The number of amides is 3. The van der Waals surface area contributed by atoms with Crippen molar-refractivity contribution in [1.29, 1.82) is 0 Å². The average molecular weight is 438 g/mol. The zero-order valence-electron chi connectivity index (χ0n) is 17.6. The molecule has 0 atom stereocenters. The number of nitrogens with one attached hydrogen (secondary N) is 1. The summed E-state index contributed by atoms with van der Waals surface area (Å²) in [6, 6.07) is 4.84. The normalized spacial score (nSPS) is 18.8. The lowest BCUT2D eigenvalue weighted by Crippen LogP contribution is -2.40. The van der Waals surface area contributed by atoms with Gasteiger partial charge in [-0.25, -0.2) is 4.98 Å². The van der Waals surface area contributed by atoms with Crippen LogP contribution >= 0.6 is 11.3 Å². The number of hydrogen-bond donors (Lipinski definition) is 1. The molecule has 1 N–H and O–H groups in total. The number of aromatic nitrogens is 1. The molecule has 1 fully saturated rings. The number of nitrogens with zero attached hydrogens (tertiary/aromatic N) is 2. The number of thiazole rings is 1. The first-order valence-electron chi connectivity index (χ1n) is 11.4. The van der Waals surface area contributed by atoms with Crippen LogP contribution in [0, 0.1) is 0 Å². The number of carbonyl (C=O) groups excluding carboxylic acids is 3. The molecule has 162 valence electrons. The van der Waals surface area contributed by atoms with Crippen molar-refractivity contribution in [3.05, 3.63) is 50.5 Å². The molecular formula is C24H27N3O3S. The molecule has 2 aromatic rings. The van der Waals surface area contributed by atoms with Crippen LogP contribution < -0.4 is 5.32 Å². The Bertz CT molecular complexity index is 1020. The summed E-state index contributed by atoms with van der Waals surface area (Å²) in [4.78, 5) is 45.9. The summed E-state index contributed by atoms with van der Waals surface area (Å²) in [5, 5.41) is 4.01. The fourth-order valence-corrected chi connectivity index (χ4v) is 6.13. The molecule has 1 saturated carbocycles. The highest BCUT2D eigenvalue weighted by Crippen LogP contribution is 2.31. The van der Waals surface area contributed by atoms with Crippen molar-refractivity contribution in [2.24, 2.45) is 0 Å². The third kappa shape index (κ3) is 3.91. The molecule has 3 aliphatic rings. The summed E-state index contributed by atoms with van der Waals surface area (Å²) in [5.41, 5.74) is 2.43. The van der Waals surface area contributed by atoms with Gasteiger partial charge in [0.05, 0.1) is 21.8 Å². The maximum Gasteiger partial charge on any atom is 0.261 e. The van der Waals surface area contributed by atoms with E-state index >= 15 is 0 Å². The smallest absolute Gasteiger partial charge is 0.261 e. The molecular weight excluding hydrogens is 410 g/mol. The Labute approximate surface area is 186 Å². The number of rotatable bonds is 5. The number of aryl methyl sites for hydroxylation is 2. The van der Waals surface area contributed by atoms with Gasteiger partial charge in [-0.1, -0.05) is 19.3 Å². The molecule has 0 radical (unpaired) electrons. The Hall–Kier alpha value is -2.54. The first kappa shape index (κ1) is 20.4. The molecule has 0 bridgehead atoms. The molecule has 1 aromatic heterocycles. The summed E-state index contributed by atoms with van der Waals surface area (Å²) >= 11 is 1.76. The van der Waals surface area contributed by atoms with Crippen LogP contribution in [0.3, 0.4) is 0 Å². The van der Waals surface area contributed by atoms with Gasteiger partial charge in [0.15, 0.2) is 0 Å². The van der Waals surface area contributed by atoms with E-state index in [1.54, 1.807) is 29.5 Å². The Morgan fingerprint density at radius 3 is 2.61 bits per heavy atom. The fourth-order valence-electron chi connectivity index (χ4n) is 4.97. The third-order valence-electron chi connectivity index (χ3n) is 6.63. The Balaban J connectivity index is 1.23. The highest BCUT2D eigenvalue weighted by Gasteiger charge is 2.40. The van der Waals surface area contributed by atoms with Crippen LogP contribution in [0.15, 0.2) is 18.2 Å². The van der Waals surface area contributed by atoms with E-state index < -0.39 is 0 Å². The largest absolute Gasteiger partial charge is 0.352 e. The summed E-state index contributed by atoms with van der Waals surface area (Å²) < 4.78 is 0. The van der Waals surface area contributed by atoms with Gasteiger partial charge in [0.2, 0.25) is 0 Å². The maximum absolute atomic E-state index is 12.9. The highest BCUT2D eigenvalue weighted by atomic mass is 32.1. The van der Waals surface area contributed by atoms with Crippen molar-refractivity contribution >= 4 is 29.1 Å². The number of fused-ring (bicyclic) bond motifs is 2. The first-order valence-corrected chi connectivity index (χ1v) is 12.2. The van der Waals surface area contributed by atoms with Gasteiger partial charge in [0, 0.05) is 29.4 Å². The third-order valence-corrected chi connectivity index (χ3v) is 7.85. The molecule has 1 aromatic carbocycles. The van der Waals surface area contributed by atoms with E-state index in [9.17, 15) is 14.4 Å². The molecule has 1 aliphatic heterocycles. The Morgan fingerprint density at radius 1 is 1.03 bits per heavy atom.